The number of aliphatic hydroxyl groups is 1. The Bertz CT molecular complexity index is 1900. The Kier molecular flexibility index (Phi) is 10.7. The van der Waals surface area contributed by atoms with E-state index in [0.29, 0.717) is 23.3 Å². The number of nitrogens with zero attached hydrogens (tertiary/aromatic N) is 1. The van der Waals surface area contributed by atoms with E-state index >= 15 is 0 Å². The quantitative estimate of drug-likeness (QED) is 0.0665. The summed E-state index contributed by atoms with van der Waals surface area (Å²) in [4.78, 5) is 17.0. The van der Waals surface area contributed by atoms with Crippen LogP contribution in [0.1, 0.15) is 51.4 Å². The fourth-order valence-corrected chi connectivity index (χ4v) is 6.36. The van der Waals surface area contributed by atoms with Crippen LogP contribution in [0.4, 0.5) is 22.0 Å². The van der Waals surface area contributed by atoms with Gasteiger partial charge < -0.3 is 19.9 Å². The number of amides is 1. The van der Waals surface area contributed by atoms with E-state index in [2.05, 4.69) is 10.3 Å². The van der Waals surface area contributed by atoms with Crippen molar-refractivity contribution in [3.63, 3.8) is 0 Å². The summed E-state index contributed by atoms with van der Waals surface area (Å²) in [6, 6.07) is 27.6. The number of aliphatic hydroxyl groups excluding tert-OH is 1. The first-order valence-electron chi connectivity index (χ1n) is 15.3. The molecule has 0 saturated carbocycles. The summed E-state index contributed by atoms with van der Waals surface area (Å²) in [7, 11) is 0. The third-order valence-electron chi connectivity index (χ3n) is 8.06. The van der Waals surface area contributed by atoms with Crippen LogP contribution in [-0.4, -0.2) is 27.9 Å². The zero-order chi connectivity index (χ0) is 34.5. The Hall–Kier alpha value is -4.62. The normalized spacial score (nSPS) is 17.6. The topological polar surface area (TPSA) is 80.7 Å². The summed E-state index contributed by atoms with van der Waals surface area (Å²) in [5, 5.41) is 12.6. The van der Waals surface area contributed by atoms with Gasteiger partial charge in [0.2, 0.25) is 5.82 Å². The molecule has 2 N–H and O–H groups in total. The van der Waals surface area contributed by atoms with Crippen LogP contribution in [0, 0.1) is 29.1 Å². The summed E-state index contributed by atoms with van der Waals surface area (Å²) >= 11 is 1.59. The van der Waals surface area contributed by atoms with E-state index in [1.807, 2.05) is 66.7 Å². The van der Waals surface area contributed by atoms with Crippen molar-refractivity contribution >= 4 is 17.7 Å². The number of thioether (sulfide) groups is 1. The van der Waals surface area contributed by atoms with E-state index in [4.69, 9.17) is 9.47 Å². The molecule has 1 aromatic heterocycles. The number of benzene rings is 4. The summed E-state index contributed by atoms with van der Waals surface area (Å²) in [6.45, 7) is -0.314. The highest BCUT2D eigenvalue weighted by molar-refractivity contribution is 7.99. The van der Waals surface area contributed by atoms with Crippen LogP contribution in [-0.2, 0) is 22.6 Å². The number of nitrogens with one attached hydrogen (secondary N) is 1. The molecule has 3 atom stereocenters. The molecule has 0 bridgehead atoms. The van der Waals surface area contributed by atoms with E-state index < -0.39 is 46.8 Å². The second kappa shape index (κ2) is 15.3. The van der Waals surface area contributed by atoms with Gasteiger partial charge in [-0.05, 0) is 39.9 Å². The first kappa shape index (κ1) is 34.3. The number of hydrogen-bond acceptors (Lipinski definition) is 6. The van der Waals surface area contributed by atoms with Crippen molar-refractivity contribution < 1.29 is 41.3 Å². The number of ether oxygens (including phenoxy) is 2. The fraction of sp³-hybridized carbons (Fsp3) is 0.189. The van der Waals surface area contributed by atoms with Crippen LogP contribution < -0.4 is 5.32 Å². The van der Waals surface area contributed by atoms with Crippen molar-refractivity contribution in [2.75, 3.05) is 5.75 Å². The smallest absolute Gasteiger partial charge is 0.257 e. The lowest BCUT2D eigenvalue weighted by atomic mass is 9.97. The van der Waals surface area contributed by atoms with Gasteiger partial charge in [-0.2, -0.15) is 0 Å². The molecular formula is C37H29F5N2O4S. The number of carbonyl (C=O) groups excluding carboxylic acids is 1. The predicted molar refractivity (Wildman–Crippen MR) is 173 cm³/mol. The molecule has 0 unspecified atom stereocenters. The monoisotopic (exact) mass is 692 g/mol. The highest BCUT2D eigenvalue weighted by Crippen LogP contribution is 2.40. The highest BCUT2D eigenvalue weighted by atomic mass is 32.2. The number of carbonyl (C=O) groups is 1. The van der Waals surface area contributed by atoms with Crippen LogP contribution in [0.3, 0.4) is 0 Å². The lowest BCUT2D eigenvalue weighted by Crippen LogP contribution is -2.31. The van der Waals surface area contributed by atoms with Crippen molar-refractivity contribution in [3.05, 3.63) is 154 Å². The predicted octanol–water partition coefficient (Wildman–Crippen LogP) is 8.20. The molecule has 6 rings (SSSR count). The average Bonchev–Trinajstić information content (AvgIpc) is 3.15. The van der Waals surface area contributed by atoms with Gasteiger partial charge in [-0.25, -0.2) is 26.9 Å². The summed E-state index contributed by atoms with van der Waals surface area (Å²) in [5.41, 5.74) is 2.90. The summed E-state index contributed by atoms with van der Waals surface area (Å²) < 4.78 is 82.0. The van der Waals surface area contributed by atoms with E-state index in [1.54, 1.807) is 42.2 Å². The molecule has 1 aliphatic heterocycles. The zero-order valence-corrected chi connectivity index (χ0v) is 26.5. The van der Waals surface area contributed by atoms with E-state index in [0.717, 1.165) is 27.3 Å². The minimum absolute atomic E-state index is 0.0615. The largest absolute Gasteiger partial charge is 0.392 e. The Morgan fingerprint density at radius 3 is 2.12 bits per heavy atom. The Labute approximate surface area is 282 Å². The summed E-state index contributed by atoms with van der Waals surface area (Å²) in [5.74, 6) is -11.9. The molecular weight excluding hydrogens is 663 g/mol. The standard InChI is InChI=1S/C37H29F5N2O4S/c38-31-30(32(39)34(41)35(42)33(31)40)36(46)44-18-25-5-1-2-6-27(25)22-12-14-24(15-13-22)37-47-26(20-49-29-7-3-4-16-43-29)17-28(48-37)23-10-8-21(19-45)9-11-23/h1-16,26,28,37,45H,17-20H2,(H,44,46)/t26-,28+,37+/m1/s1. The van der Waals surface area contributed by atoms with E-state index in [1.165, 1.54) is 0 Å². The third-order valence-corrected chi connectivity index (χ3v) is 9.13. The summed E-state index contributed by atoms with van der Waals surface area (Å²) in [6.07, 6.45) is 1.20. The fourth-order valence-electron chi connectivity index (χ4n) is 5.48. The van der Waals surface area contributed by atoms with Crippen molar-refractivity contribution in [1.82, 2.24) is 10.3 Å². The molecule has 12 heteroatoms. The molecule has 5 aromatic rings. The van der Waals surface area contributed by atoms with E-state index in [9.17, 15) is 31.9 Å². The lowest BCUT2D eigenvalue weighted by Gasteiger charge is -2.36. The second-order valence-corrected chi connectivity index (χ2v) is 12.3. The molecule has 2 heterocycles. The Morgan fingerprint density at radius 1 is 0.796 bits per heavy atom. The molecule has 0 radical (unpaired) electrons. The molecule has 1 aliphatic rings. The van der Waals surface area contributed by atoms with Gasteiger partial charge in [-0.3, -0.25) is 4.79 Å². The van der Waals surface area contributed by atoms with Crippen molar-refractivity contribution in [2.45, 2.75) is 43.1 Å². The number of aromatic nitrogens is 1. The Balaban J connectivity index is 1.20. The van der Waals surface area contributed by atoms with Crippen molar-refractivity contribution in [3.8, 4) is 11.1 Å². The van der Waals surface area contributed by atoms with Gasteiger partial charge >= 0.3 is 0 Å². The zero-order valence-electron chi connectivity index (χ0n) is 25.7. The maximum Gasteiger partial charge on any atom is 0.257 e. The number of rotatable bonds is 10. The molecule has 0 aliphatic carbocycles. The van der Waals surface area contributed by atoms with Gasteiger partial charge in [-0.1, -0.05) is 78.9 Å². The van der Waals surface area contributed by atoms with Gasteiger partial charge in [0.1, 0.15) is 5.56 Å². The SMILES string of the molecule is O=C(NCc1ccccc1-c1ccc([C@H]2O[C@@H](CSc3ccccn3)C[C@@H](c3ccc(CO)cc3)O2)cc1)c1c(F)c(F)c(F)c(F)c1F. The van der Waals surface area contributed by atoms with Crippen LogP contribution in [0.5, 0.6) is 0 Å². The van der Waals surface area contributed by atoms with Gasteiger partial charge in [0.15, 0.2) is 29.6 Å². The molecule has 1 fully saturated rings. The minimum atomic E-state index is -2.34. The van der Waals surface area contributed by atoms with Crippen molar-refractivity contribution in [2.24, 2.45) is 0 Å². The highest BCUT2D eigenvalue weighted by Gasteiger charge is 2.33. The van der Waals surface area contributed by atoms with Crippen molar-refractivity contribution in [1.29, 1.82) is 0 Å². The van der Waals surface area contributed by atoms with Crippen LogP contribution in [0.2, 0.25) is 0 Å². The number of hydrogen-bond donors (Lipinski definition) is 2. The molecule has 4 aromatic carbocycles. The maximum absolute atomic E-state index is 14.2. The number of pyridine rings is 1. The first-order valence-corrected chi connectivity index (χ1v) is 16.2. The molecule has 1 amide bonds. The number of halogens is 5. The van der Waals surface area contributed by atoms with Crippen LogP contribution in [0.25, 0.3) is 11.1 Å². The minimum Gasteiger partial charge on any atom is -0.392 e. The van der Waals surface area contributed by atoms with Gasteiger partial charge in [0.05, 0.1) is 23.8 Å². The second-order valence-electron chi connectivity index (χ2n) is 11.2. The van der Waals surface area contributed by atoms with Crippen LogP contribution >= 0.6 is 11.8 Å². The molecule has 252 valence electrons. The molecule has 1 saturated heterocycles. The maximum atomic E-state index is 14.2. The van der Waals surface area contributed by atoms with E-state index in [-0.39, 0.29) is 25.4 Å². The Morgan fingerprint density at radius 2 is 1.45 bits per heavy atom. The van der Waals surface area contributed by atoms with Gasteiger partial charge in [0.25, 0.3) is 5.91 Å². The lowest BCUT2D eigenvalue weighted by molar-refractivity contribution is -0.245. The molecule has 0 spiro atoms. The molecule has 49 heavy (non-hydrogen) atoms. The van der Waals surface area contributed by atoms with Gasteiger partial charge in [0, 0.05) is 30.5 Å². The van der Waals surface area contributed by atoms with Crippen LogP contribution in [0.15, 0.2) is 102 Å². The first-order chi connectivity index (χ1) is 23.7. The third kappa shape index (κ3) is 7.67. The van der Waals surface area contributed by atoms with Gasteiger partial charge in [-0.15, -0.1) is 11.8 Å². The average molecular weight is 693 g/mol. The molecule has 6 nitrogen and oxygen atoms in total.